The number of carbonyl (C=O) groups excluding carboxylic acids is 1. The van der Waals surface area contributed by atoms with Gasteiger partial charge in [-0.05, 0) is 37.1 Å². The van der Waals surface area contributed by atoms with Crippen LogP contribution in [0.25, 0.3) is 0 Å². The molecule has 4 nitrogen and oxygen atoms in total. The van der Waals surface area contributed by atoms with Gasteiger partial charge in [-0.15, -0.1) is 11.3 Å². The monoisotopic (exact) mass is 267 g/mol. The number of hydrogen-bond acceptors (Lipinski definition) is 3. The fraction of sp³-hybridized carbons (Fsp3) is 0.538. The van der Waals surface area contributed by atoms with Crippen LogP contribution in [-0.4, -0.2) is 23.0 Å². The number of carboxylic acids is 1. The Hall–Kier alpha value is -1.36. The molecule has 98 valence electrons. The number of rotatable bonds is 5. The van der Waals surface area contributed by atoms with Crippen molar-refractivity contribution in [1.82, 2.24) is 5.32 Å². The van der Waals surface area contributed by atoms with Crippen LogP contribution >= 0.6 is 11.3 Å². The minimum atomic E-state index is -0.745. The van der Waals surface area contributed by atoms with Crippen LogP contribution < -0.4 is 5.32 Å². The van der Waals surface area contributed by atoms with Crippen LogP contribution in [0.3, 0.4) is 0 Å². The maximum atomic E-state index is 11.7. The number of aliphatic carboxylic acids is 1. The minimum Gasteiger partial charge on any atom is -0.481 e. The van der Waals surface area contributed by atoms with Gasteiger partial charge in [-0.1, -0.05) is 6.07 Å². The van der Waals surface area contributed by atoms with E-state index >= 15 is 0 Å². The van der Waals surface area contributed by atoms with Crippen molar-refractivity contribution < 1.29 is 14.7 Å². The third-order valence-electron chi connectivity index (χ3n) is 3.33. The van der Waals surface area contributed by atoms with Gasteiger partial charge in [0.15, 0.2) is 0 Å². The van der Waals surface area contributed by atoms with Gasteiger partial charge in [0.2, 0.25) is 5.91 Å². The Morgan fingerprint density at radius 1 is 1.44 bits per heavy atom. The van der Waals surface area contributed by atoms with Crippen molar-refractivity contribution in [2.75, 3.05) is 0 Å². The molecule has 1 aliphatic rings. The number of nitrogens with one attached hydrogen (secondary N) is 1. The fourth-order valence-corrected chi connectivity index (χ4v) is 3.04. The van der Waals surface area contributed by atoms with Crippen molar-refractivity contribution in [3.05, 3.63) is 22.4 Å². The average molecular weight is 267 g/mol. The number of carboxylic acid groups (broad SMARTS) is 1. The van der Waals surface area contributed by atoms with Crippen LogP contribution in [0.1, 0.15) is 30.6 Å². The lowest BCUT2D eigenvalue weighted by molar-refractivity contribution is -0.141. The largest absolute Gasteiger partial charge is 0.481 e. The summed E-state index contributed by atoms with van der Waals surface area (Å²) in [7, 11) is 0. The van der Waals surface area contributed by atoms with E-state index in [1.165, 1.54) is 4.88 Å². The summed E-state index contributed by atoms with van der Waals surface area (Å²) in [6.45, 7) is 0. The first-order valence-corrected chi connectivity index (χ1v) is 7.07. The number of aryl methyl sites for hydroxylation is 1. The molecule has 1 heterocycles. The maximum absolute atomic E-state index is 11.7. The summed E-state index contributed by atoms with van der Waals surface area (Å²) in [5.41, 5.74) is 0. The second-order valence-electron chi connectivity index (χ2n) is 4.69. The molecule has 1 fully saturated rings. The lowest BCUT2D eigenvalue weighted by atomic mass is 10.1. The molecule has 1 aliphatic carbocycles. The second-order valence-corrected chi connectivity index (χ2v) is 5.72. The Morgan fingerprint density at radius 2 is 2.28 bits per heavy atom. The standard InChI is InChI=1S/C13H17NO3S/c15-12(6-5-11-2-1-7-18-11)14-10-4-3-9(8-10)13(16)17/h1-2,7,9-10H,3-6,8H2,(H,14,15)(H,16,17)/t9-,10-/m0/s1. The van der Waals surface area contributed by atoms with Gasteiger partial charge in [-0.25, -0.2) is 0 Å². The highest BCUT2D eigenvalue weighted by Gasteiger charge is 2.30. The zero-order valence-corrected chi connectivity index (χ0v) is 10.9. The molecule has 1 aromatic heterocycles. The Balaban J connectivity index is 1.70. The summed E-state index contributed by atoms with van der Waals surface area (Å²) in [4.78, 5) is 23.7. The van der Waals surface area contributed by atoms with Gasteiger partial charge in [0.1, 0.15) is 0 Å². The fourth-order valence-electron chi connectivity index (χ4n) is 2.33. The van der Waals surface area contributed by atoms with Gasteiger partial charge in [0.25, 0.3) is 0 Å². The molecule has 18 heavy (non-hydrogen) atoms. The molecular formula is C13H17NO3S. The van der Waals surface area contributed by atoms with Crippen molar-refractivity contribution in [1.29, 1.82) is 0 Å². The number of hydrogen-bond donors (Lipinski definition) is 2. The molecular weight excluding hydrogens is 250 g/mol. The molecule has 2 rings (SSSR count). The highest BCUT2D eigenvalue weighted by molar-refractivity contribution is 7.09. The lowest BCUT2D eigenvalue weighted by Crippen LogP contribution is -2.33. The summed E-state index contributed by atoms with van der Waals surface area (Å²) in [6.07, 6.45) is 3.26. The van der Waals surface area contributed by atoms with Crippen molar-refractivity contribution in [2.45, 2.75) is 38.1 Å². The van der Waals surface area contributed by atoms with E-state index in [-0.39, 0.29) is 17.9 Å². The quantitative estimate of drug-likeness (QED) is 0.858. The van der Waals surface area contributed by atoms with Crippen molar-refractivity contribution in [2.24, 2.45) is 5.92 Å². The van der Waals surface area contributed by atoms with E-state index in [1.54, 1.807) is 11.3 Å². The van der Waals surface area contributed by atoms with E-state index in [0.717, 1.165) is 12.8 Å². The normalized spacial score (nSPS) is 22.9. The number of thiophene rings is 1. The van der Waals surface area contributed by atoms with E-state index in [9.17, 15) is 9.59 Å². The molecule has 0 unspecified atom stereocenters. The molecule has 0 bridgehead atoms. The number of amides is 1. The zero-order chi connectivity index (χ0) is 13.0. The SMILES string of the molecule is O=C(CCc1cccs1)N[C@H]1CC[C@H](C(=O)O)C1. The molecule has 1 amide bonds. The first-order valence-electron chi connectivity index (χ1n) is 6.19. The third kappa shape index (κ3) is 3.57. The van der Waals surface area contributed by atoms with Crippen LogP contribution in [-0.2, 0) is 16.0 Å². The summed E-state index contributed by atoms with van der Waals surface area (Å²) >= 11 is 1.65. The molecule has 5 heteroatoms. The van der Waals surface area contributed by atoms with E-state index < -0.39 is 5.97 Å². The molecule has 0 spiro atoms. The van der Waals surface area contributed by atoms with Gasteiger partial charge in [-0.2, -0.15) is 0 Å². The highest BCUT2D eigenvalue weighted by Crippen LogP contribution is 2.25. The Kier molecular flexibility index (Phi) is 4.36. The summed E-state index contributed by atoms with van der Waals surface area (Å²) in [6, 6.07) is 4.04. The first kappa shape index (κ1) is 13.1. The van der Waals surface area contributed by atoms with Gasteiger partial charge >= 0.3 is 5.97 Å². The third-order valence-corrected chi connectivity index (χ3v) is 4.26. The number of carbonyl (C=O) groups is 2. The predicted molar refractivity (Wildman–Crippen MR) is 69.5 cm³/mol. The van der Waals surface area contributed by atoms with Gasteiger partial charge in [0, 0.05) is 17.3 Å². The highest BCUT2D eigenvalue weighted by atomic mass is 32.1. The van der Waals surface area contributed by atoms with Crippen molar-refractivity contribution >= 4 is 23.2 Å². The average Bonchev–Trinajstić information content (AvgIpc) is 2.96. The topological polar surface area (TPSA) is 66.4 Å². The molecule has 1 saturated carbocycles. The molecule has 1 aromatic rings. The molecule has 0 radical (unpaired) electrons. The van der Waals surface area contributed by atoms with Crippen LogP contribution in [0.4, 0.5) is 0 Å². The lowest BCUT2D eigenvalue weighted by Gasteiger charge is -2.12. The predicted octanol–water partition coefficient (Wildman–Crippen LogP) is 2.05. The molecule has 2 N–H and O–H groups in total. The van der Waals surface area contributed by atoms with Crippen LogP contribution in [0, 0.1) is 5.92 Å². The summed E-state index contributed by atoms with van der Waals surface area (Å²) < 4.78 is 0. The van der Waals surface area contributed by atoms with Crippen LogP contribution in [0.2, 0.25) is 0 Å². The summed E-state index contributed by atoms with van der Waals surface area (Å²) in [5, 5.41) is 13.8. The minimum absolute atomic E-state index is 0.0273. The van der Waals surface area contributed by atoms with E-state index in [0.29, 0.717) is 19.3 Å². The van der Waals surface area contributed by atoms with E-state index in [1.807, 2.05) is 17.5 Å². The van der Waals surface area contributed by atoms with Crippen molar-refractivity contribution in [3.63, 3.8) is 0 Å². The van der Waals surface area contributed by atoms with Crippen LogP contribution in [0.15, 0.2) is 17.5 Å². The maximum Gasteiger partial charge on any atom is 0.306 e. The Bertz CT molecular complexity index is 416. The molecule has 2 atom stereocenters. The zero-order valence-electron chi connectivity index (χ0n) is 10.1. The van der Waals surface area contributed by atoms with Gasteiger partial charge < -0.3 is 10.4 Å². The smallest absolute Gasteiger partial charge is 0.306 e. The van der Waals surface area contributed by atoms with Gasteiger partial charge in [0.05, 0.1) is 5.92 Å². The Labute approximate surface area is 110 Å². The first-order chi connectivity index (χ1) is 8.65. The molecule has 0 aromatic carbocycles. The molecule has 0 saturated heterocycles. The van der Waals surface area contributed by atoms with Crippen molar-refractivity contribution in [3.8, 4) is 0 Å². The van der Waals surface area contributed by atoms with E-state index in [4.69, 9.17) is 5.11 Å². The molecule has 0 aliphatic heterocycles. The Morgan fingerprint density at radius 3 is 2.89 bits per heavy atom. The summed E-state index contributed by atoms with van der Waals surface area (Å²) in [5.74, 6) is -1.00. The second kappa shape index (κ2) is 6.00. The van der Waals surface area contributed by atoms with Crippen LogP contribution in [0.5, 0.6) is 0 Å². The van der Waals surface area contributed by atoms with Gasteiger partial charge in [-0.3, -0.25) is 9.59 Å². The van der Waals surface area contributed by atoms with E-state index in [2.05, 4.69) is 5.32 Å².